The van der Waals surface area contributed by atoms with Crippen LogP contribution >= 0.6 is 15.9 Å². The Balaban J connectivity index is 1.52. The molecule has 0 spiro atoms. The first kappa shape index (κ1) is 14.6. The van der Waals surface area contributed by atoms with Crippen LogP contribution in [0.1, 0.15) is 29.7 Å². The highest BCUT2D eigenvalue weighted by Crippen LogP contribution is 2.26. The van der Waals surface area contributed by atoms with Crippen LogP contribution in [0.15, 0.2) is 46.9 Å². The van der Waals surface area contributed by atoms with E-state index in [9.17, 15) is 0 Å². The Kier molecular flexibility index (Phi) is 4.61. The first-order valence-corrected chi connectivity index (χ1v) is 8.25. The predicted molar refractivity (Wildman–Crippen MR) is 89.9 cm³/mol. The van der Waals surface area contributed by atoms with Gasteiger partial charge >= 0.3 is 0 Å². The Morgan fingerprint density at radius 3 is 2.81 bits per heavy atom. The summed E-state index contributed by atoms with van der Waals surface area (Å²) in [5, 5.41) is 3.59. The van der Waals surface area contributed by atoms with Crippen LogP contribution in [0.3, 0.4) is 0 Å². The van der Waals surface area contributed by atoms with E-state index in [-0.39, 0.29) is 0 Å². The highest BCUT2D eigenvalue weighted by Gasteiger charge is 2.12. The molecule has 2 nitrogen and oxygen atoms in total. The van der Waals surface area contributed by atoms with E-state index in [0.29, 0.717) is 6.04 Å². The first-order valence-electron chi connectivity index (χ1n) is 7.46. The van der Waals surface area contributed by atoms with Gasteiger partial charge < -0.3 is 10.1 Å². The van der Waals surface area contributed by atoms with Crippen molar-refractivity contribution in [2.45, 2.75) is 25.8 Å². The summed E-state index contributed by atoms with van der Waals surface area (Å²) < 4.78 is 6.67. The van der Waals surface area contributed by atoms with Gasteiger partial charge in [0.15, 0.2) is 0 Å². The molecule has 1 heterocycles. The van der Waals surface area contributed by atoms with Gasteiger partial charge in [0.25, 0.3) is 0 Å². The van der Waals surface area contributed by atoms with Crippen LogP contribution in [0.25, 0.3) is 0 Å². The van der Waals surface area contributed by atoms with Crippen molar-refractivity contribution in [3.05, 3.63) is 63.6 Å². The maximum absolute atomic E-state index is 5.54. The van der Waals surface area contributed by atoms with E-state index in [2.05, 4.69) is 70.6 Å². The summed E-state index contributed by atoms with van der Waals surface area (Å²) in [5.41, 5.74) is 4.06. The molecule has 0 amide bonds. The summed E-state index contributed by atoms with van der Waals surface area (Å²) in [6.45, 7) is 4.02. The second-order valence-electron chi connectivity index (χ2n) is 5.52. The second-order valence-corrected chi connectivity index (χ2v) is 6.43. The number of benzene rings is 2. The lowest BCUT2D eigenvalue weighted by Gasteiger charge is -2.14. The fourth-order valence-electron chi connectivity index (χ4n) is 2.70. The maximum atomic E-state index is 5.54. The van der Waals surface area contributed by atoms with Gasteiger partial charge in [-0.15, -0.1) is 0 Å². The molecule has 0 saturated heterocycles. The highest BCUT2D eigenvalue weighted by molar-refractivity contribution is 9.10. The fraction of sp³-hybridized carbons (Fsp3) is 0.333. The van der Waals surface area contributed by atoms with E-state index in [4.69, 9.17) is 4.74 Å². The standard InChI is InChI=1S/C18H20BrNO/c1-13(15-3-5-17(19)6-4-15)20-10-8-14-2-7-18-16(12-14)9-11-21-18/h2-7,12-13,20H,8-11H2,1H3/t13-/m0/s1. The molecule has 0 saturated carbocycles. The molecule has 0 fully saturated rings. The van der Waals surface area contributed by atoms with Gasteiger partial charge in [-0.05, 0) is 54.8 Å². The van der Waals surface area contributed by atoms with E-state index < -0.39 is 0 Å². The van der Waals surface area contributed by atoms with E-state index in [1.54, 1.807) is 0 Å². The van der Waals surface area contributed by atoms with Crippen LogP contribution in [-0.4, -0.2) is 13.2 Å². The van der Waals surface area contributed by atoms with E-state index in [1.807, 2.05) is 0 Å². The van der Waals surface area contributed by atoms with E-state index in [0.717, 1.165) is 36.2 Å². The minimum absolute atomic E-state index is 0.371. The maximum Gasteiger partial charge on any atom is 0.122 e. The zero-order valence-corrected chi connectivity index (χ0v) is 13.8. The molecule has 1 N–H and O–H groups in total. The smallest absolute Gasteiger partial charge is 0.122 e. The molecule has 1 aliphatic rings. The van der Waals surface area contributed by atoms with Crippen molar-refractivity contribution in [3.63, 3.8) is 0 Å². The molecule has 0 aliphatic carbocycles. The van der Waals surface area contributed by atoms with Gasteiger partial charge in [-0.25, -0.2) is 0 Å². The van der Waals surface area contributed by atoms with Gasteiger partial charge in [0.2, 0.25) is 0 Å². The lowest BCUT2D eigenvalue weighted by Crippen LogP contribution is -2.21. The molecule has 0 radical (unpaired) electrons. The minimum atomic E-state index is 0.371. The van der Waals surface area contributed by atoms with Crippen LogP contribution in [-0.2, 0) is 12.8 Å². The molecule has 1 aliphatic heterocycles. The number of nitrogens with one attached hydrogen (secondary N) is 1. The molecule has 0 aromatic heterocycles. The Morgan fingerprint density at radius 1 is 1.19 bits per heavy atom. The third kappa shape index (κ3) is 3.66. The molecule has 3 rings (SSSR count). The Morgan fingerprint density at radius 2 is 2.00 bits per heavy atom. The van der Waals surface area contributed by atoms with Gasteiger partial charge in [0.1, 0.15) is 5.75 Å². The summed E-state index contributed by atoms with van der Waals surface area (Å²) in [6, 6.07) is 15.4. The summed E-state index contributed by atoms with van der Waals surface area (Å²) in [6.07, 6.45) is 2.10. The van der Waals surface area contributed by atoms with Gasteiger partial charge in [0.05, 0.1) is 6.61 Å². The van der Waals surface area contributed by atoms with Crippen molar-refractivity contribution in [1.82, 2.24) is 5.32 Å². The SMILES string of the molecule is C[C@H](NCCc1ccc2c(c1)CCO2)c1ccc(Br)cc1. The van der Waals surface area contributed by atoms with Gasteiger partial charge in [-0.2, -0.15) is 0 Å². The van der Waals surface area contributed by atoms with Crippen molar-refractivity contribution in [1.29, 1.82) is 0 Å². The monoisotopic (exact) mass is 345 g/mol. The van der Waals surface area contributed by atoms with Gasteiger partial charge in [0, 0.05) is 16.9 Å². The van der Waals surface area contributed by atoms with Crippen LogP contribution in [0.4, 0.5) is 0 Å². The Hall–Kier alpha value is -1.32. The lowest BCUT2D eigenvalue weighted by atomic mass is 10.1. The summed E-state index contributed by atoms with van der Waals surface area (Å²) >= 11 is 3.47. The number of rotatable bonds is 5. The van der Waals surface area contributed by atoms with Crippen molar-refractivity contribution < 1.29 is 4.74 Å². The van der Waals surface area contributed by atoms with Gasteiger partial charge in [-0.3, -0.25) is 0 Å². The molecular weight excluding hydrogens is 326 g/mol. The topological polar surface area (TPSA) is 21.3 Å². The molecule has 21 heavy (non-hydrogen) atoms. The van der Waals surface area contributed by atoms with Crippen molar-refractivity contribution in [2.75, 3.05) is 13.2 Å². The summed E-state index contributed by atoms with van der Waals surface area (Å²) in [7, 11) is 0. The molecule has 3 heteroatoms. The second kappa shape index (κ2) is 6.63. The Bertz CT molecular complexity index is 609. The summed E-state index contributed by atoms with van der Waals surface area (Å²) in [5.74, 6) is 1.06. The zero-order chi connectivity index (χ0) is 14.7. The van der Waals surface area contributed by atoms with Crippen molar-refractivity contribution >= 4 is 15.9 Å². The summed E-state index contributed by atoms with van der Waals surface area (Å²) in [4.78, 5) is 0. The van der Waals surface area contributed by atoms with Crippen molar-refractivity contribution in [2.24, 2.45) is 0 Å². The fourth-order valence-corrected chi connectivity index (χ4v) is 2.96. The largest absolute Gasteiger partial charge is 0.493 e. The molecule has 2 aromatic carbocycles. The normalized spacial score (nSPS) is 14.6. The average Bonchev–Trinajstić information content (AvgIpc) is 2.95. The Labute approximate surface area is 134 Å². The first-order chi connectivity index (χ1) is 10.2. The number of halogens is 1. The zero-order valence-electron chi connectivity index (χ0n) is 12.2. The van der Waals surface area contributed by atoms with E-state index in [1.165, 1.54) is 16.7 Å². The lowest BCUT2D eigenvalue weighted by molar-refractivity contribution is 0.357. The molecule has 0 unspecified atom stereocenters. The molecular formula is C18H20BrNO. The molecule has 2 aromatic rings. The number of fused-ring (bicyclic) bond motifs is 1. The number of hydrogen-bond acceptors (Lipinski definition) is 2. The van der Waals surface area contributed by atoms with Crippen LogP contribution < -0.4 is 10.1 Å². The van der Waals surface area contributed by atoms with E-state index >= 15 is 0 Å². The third-order valence-corrected chi connectivity index (χ3v) is 4.52. The van der Waals surface area contributed by atoms with Gasteiger partial charge in [-0.1, -0.05) is 40.2 Å². The quantitative estimate of drug-likeness (QED) is 0.873. The molecule has 0 bridgehead atoms. The average molecular weight is 346 g/mol. The van der Waals surface area contributed by atoms with Crippen LogP contribution in [0.2, 0.25) is 0 Å². The molecule has 110 valence electrons. The molecule has 1 atom stereocenters. The van der Waals surface area contributed by atoms with Crippen LogP contribution in [0.5, 0.6) is 5.75 Å². The highest BCUT2D eigenvalue weighted by atomic mass is 79.9. The third-order valence-electron chi connectivity index (χ3n) is 3.99. The predicted octanol–water partition coefficient (Wildman–Crippen LogP) is 4.28. The minimum Gasteiger partial charge on any atom is -0.493 e. The number of hydrogen-bond donors (Lipinski definition) is 1. The van der Waals surface area contributed by atoms with Crippen LogP contribution in [0, 0.1) is 0 Å². The number of ether oxygens (including phenoxy) is 1. The van der Waals surface area contributed by atoms with Crippen molar-refractivity contribution in [3.8, 4) is 5.75 Å².